The summed E-state index contributed by atoms with van der Waals surface area (Å²) in [6.07, 6.45) is 3.31. The quantitative estimate of drug-likeness (QED) is 0.889. The molecule has 1 heterocycles. The van der Waals surface area contributed by atoms with Crippen molar-refractivity contribution in [2.45, 2.75) is 38.6 Å². The molecular formula is C20H23NO2. The van der Waals surface area contributed by atoms with Crippen LogP contribution in [0, 0.1) is 0 Å². The van der Waals surface area contributed by atoms with Gasteiger partial charge in [-0.15, -0.1) is 0 Å². The van der Waals surface area contributed by atoms with Gasteiger partial charge in [-0.3, -0.25) is 4.79 Å². The van der Waals surface area contributed by atoms with E-state index in [4.69, 9.17) is 4.74 Å². The first-order chi connectivity index (χ1) is 11.2. The van der Waals surface area contributed by atoms with Crippen molar-refractivity contribution in [2.75, 3.05) is 6.61 Å². The summed E-state index contributed by atoms with van der Waals surface area (Å²) in [5.74, 6) is 1.01. The molecule has 3 heteroatoms. The molecule has 0 aliphatic carbocycles. The van der Waals surface area contributed by atoms with Crippen LogP contribution in [-0.4, -0.2) is 18.6 Å². The number of benzene rings is 2. The van der Waals surface area contributed by atoms with Crippen molar-refractivity contribution in [3.63, 3.8) is 0 Å². The first-order valence-corrected chi connectivity index (χ1v) is 8.28. The van der Waals surface area contributed by atoms with Gasteiger partial charge in [0.25, 0.3) is 0 Å². The molecule has 1 aliphatic heterocycles. The second-order valence-electron chi connectivity index (χ2n) is 6.21. The minimum Gasteiger partial charge on any atom is -0.493 e. The van der Waals surface area contributed by atoms with Crippen LogP contribution in [0.1, 0.15) is 30.0 Å². The van der Waals surface area contributed by atoms with E-state index in [0.717, 1.165) is 37.2 Å². The first-order valence-electron chi connectivity index (χ1n) is 8.28. The second-order valence-corrected chi connectivity index (χ2v) is 6.21. The number of carbonyl (C=O) groups excluding carboxylic acids is 1. The Balaban J connectivity index is 1.47. The molecule has 23 heavy (non-hydrogen) atoms. The van der Waals surface area contributed by atoms with Crippen molar-refractivity contribution < 1.29 is 9.53 Å². The highest BCUT2D eigenvalue weighted by Crippen LogP contribution is 2.26. The monoisotopic (exact) mass is 309 g/mol. The maximum atomic E-state index is 12.2. The lowest BCUT2D eigenvalue weighted by molar-refractivity contribution is -0.121. The highest BCUT2D eigenvalue weighted by atomic mass is 16.5. The highest BCUT2D eigenvalue weighted by Gasteiger charge is 2.14. The SMILES string of the molecule is C[C@H](CCc1ccccc1)NC(=O)Cc1ccc2c(c1)OCC2. The molecule has 1 aliphatic rings. The number of rotatable bonds is 6. The molecular weight excluding hydrogens is 286 g/mol. The van der Waals surface area contributed by atoms with Gasteiger partial charge in [0.1, 0.15) is 5.75 Å². The van der Waals surface area contributed by atoms with Crippen molar-refractivity contribution in [3.05, 3.63) is 65.2 Å². The van der Waals surface area contributed by atoms with Crippen LogP contribution in [0.5, 0.6) is 5.75 Å². The fraction of sp³-hybridized carbons (Fsp3) is 0.350. The molecule has 1 N–H and O–H groups in total. The van der Waals surface area contributed by atoms with Crippen LogP contribution >= 0.6 is 0 Å². The zero-order valence-corrected chi connectivity index (χ0v) is 13.5. The van der Waals surface area contributed by atoms with Crippen LogP contribution in [0.3, 0.4) is 0 Å². The van der Waals surface area contributed by atoms with E-state index < -0.39 is 0 Å². The standard InChI is InChI=1S/C20H23NO2/c1-15(7-8-16-5-3-2-4-6-16)21-20(22)14-17-9-10-18-11-12-23-19(18)13-17/h2-6,9-10,13,15H,7-8,11-12,14H2,1H3,(H,21,22)/t15-/m1/s1. The van der Waals surface area contributed by atoms with Crippen molar-refractivity contribution in [3.8, 4) is 5.75 Å². The number of aryl methyl sites for hydroxylation is 1. The van der Waals surface area contributed by atoms with Gasteiger partial charge in [0.05, 0.1) is 13.0 Å². The molecule has 2 aromatic rings. The van der Waals surface area contributed by atoms with Gasteiger partial charge in [-0.1, -0.05) is 42.5 Å². The van der Waals surface area contributed by atoms with Crippen molar-refractivity contribution in [1.82, 2.24) is 5.32 Å². The Morgan fingerprint density at radius 2 is 2.00 bits per heavy atom. The topological polar surface area (TPSA) is 38.3 Å². The molecule has 0 unspecified atom stereocenters. The van der Waals surface area contributed by atoms with E-state index in [1.807, 2.05) is 18.2 Å². The van der Waals surface area contributed by atoms with Crippen LogP contribution in [0.2, 0.25) is 0 Å². The lowest BCUT2D eigenvalue weighted by Crippen LogP contribution is -2.34. The van der Waals surface area contributed by atoms with Gasteiger partial charge >= 0.3 is 0 Å². The third kappa shape index (κ3) is 4.35. The van der Waals surface area contributed by atoms with E-state index in [1.54, 1.807) is 0 Å². The molecule has 120 valence electrons. The summed E-state index contributed by atoms with van der Waals surface area (Å²) in [5.41, 5.74) is 3.56. The third-order valence-corrected chi connectivity index (χ3v) is 4.24. The molecule has 0 aromatic heterocycles. The lowest BCUT2D eigenvalue weighted by atomic mass is 10.0. The largest absolute Gasteiger partial charge is 0.493 e. The fourth-order valence-corrected chi connectivity index (χ4v) is 2.93. The molecule has 0 saturated carbocycles. The summed E-state index contributed by atoms with van der Waals surface area (Å²) in [4.78, 5) is 12.2. The third-order valence-electron chi connectivity index (χ3n) is 4.24. The smallest absolute Gasteiger partial charge is 0.224 e. The molecule has 0 fully saturated rings. The van der Waals surface area contributed by atoms with E-state index in [1.165, 1.54) is 11.1 Å². The summed E-state index contributed by atoms with van der Waals surface area (Å²) < 4.78 is 5.56. The summed E-state index contributed by atoms with van der Waals surface area (Å²) >= 11 is 0. The maximum absolute atomic E-state index is 12.2. The number of hydrogen-bond acceptors (Lipinski definition) is 2. The van der Waals surface area contributed by atoms with Crippen LogP contribution in [0.4, 0.5) is 0 Å². The van der Waals surface area contributed by atoms with Gasteiger partial charge in [-0.2, -0.15) is 0 Å². The van der Waals surface area contributed by atoms with E-state index in [0.29, 0.717) is 6.42 Å². The predicted octanol–water partition coefficient (Wildman–Crippen LogP) is 3.30. The summed E-state index contributed by atoms with van der Waals surface area (Å²) in [7, 11) is 0. The van der Waals surface area contributed by atoms with E-state index in [2.05, 4.69) is 42.6 Å². The van der Waals surface area contributed by atoms with Gasteiger partial charge in [0.15, 0.2) is 0 Å². The van der Waals surface area contributed by atoms with Crippen LogP contribution in [-0.2, 0) is 24.1 Å². The van der Waals surface area contributed by atoms with Gasteiger partial charge in [-0.25, -0.2) is 0 Å². The van der Waals surface area contributed by atoms with E-state index in [-0.39, 0.29) is 11.9 Å². The minimum absolute atomic E-state index is 0.0727. The van der Waals surface area contributed by atoms with Crippen molar-refractivity contribution in [1.29, 1.82) is 0 Å². The molecule has 1 amide bonds. The zero-order chi connectivity index (χ0) is 16.1. The molecule has 0 bridgehead atoms. The van der Waals surface area contributed by atoms with Crippen molar-refractivity contribution in [2.24, 2.45) is 0 Å². The average molecular weight is 309 g/mol. The van der Waals surface area contributed by atoms with Gasteiger partial charge in [0.2, 0.25) is 5.91 Å². The van der Waals surface area contributed by atoms with Crippen molar-refractivity contribution >= 4 is 5.91 Å². The minimum atomic E-state index is 0.0727. The van der Waals surface area contributed by atoms with Gasteiger partial charge in [0, 0.05) is 12.5 Å². The number of fused-ring (bicyclic) bond motifs is 1. The lowest BCUT2D eigenvalue weighted by Gasteiger charge is -2.14. The highest BCUT2D eigenvalue weighted by molar-refractivity contribution is 5.79. The molecule has 2 aromatic carbocycles. The zero-order valence-electron chi connectivity index (χ0n) is 13.5. The number of hydrogen-bond donors (Lipinski definition) is 1. The number of ether oxygens (including phenoxy) is 1. The van der Waals surface area contributed by atoms with E-state index >= 15 is 0 Å². The number of amides is 1. The van der Waals surface area contributed by atoms with Crippen LogP contribution < -0.4 is 10.1 Å². The number of nitrogens with one attached hydrogen (secondary N) is 1. The molecule has 3 nitrogen and oxygen atoms in total. The Labute approximate surface area is 137 Å². The predicted molar refractivity (Wildman–Crippen MR) is 91.7 cm³/mol. The average Bonchev–Trinajstić information content (AvgIpc) is 3.01. The Bertz CT molecular complexity index is 667. The van der Waals surface area contributed by atoms with Crippen LogP contribution in [0.15, 0.2) is 48.5 Å². The Kier molecular flexibility index (Phi) is 4.96. The maximum Gasteiger partial charge on any atom is 0.224 e. The molecule has 3 rings (SSSR count). The normalized spacial score (nSPS) is 14.0. The Hall–Kier alpha value is -2.29. The summed E-state index contributed by atoms with van der Waals surface area (Å²) in [5, 5.41) is 3.09. The molecule has 1 atom stereocenters. The molecule has 0 saturated heterocycles. The van der Waals surface area contributed by atoms with Crippen LogP contribution in [0.25, 0.3) is 0 Å². The summed E-state index contributed by atoms with van der Waals surface area (Å²) in [6.45, 7) is 2.81. The summed E-state index contributed by atoms with van der Waals surface area (Å²) in [6, 6.07) is 16.6. The van der Waals surface area contributed by atoms with Gasteiger partial charge in [-0.05, 0) is 42.5 Å². The Morgan fingerprint density at radius 3 is 2.83 bits per heavy atom. The van der Waals surface area contributed by atoms with Gasteiger partial charge < -0.3 is 10.1 Å². The Morgan fingerprint density at radius 1 is 1.17 bits per heavy atom. The number of carbonyl (C=O) groups is 1. The fourth-order valence-electron chi connectivity index (χ4n) is 2.93. The first kappa shape index (κ1) is 15.6. The van der Waals surface area contributed by atoms with E-state index in [9.17, 15) is 4.79 Å². The molecule has 0 radical (unpaired) electrons. The second kappa shape index (κ2) is 7.32. The molecule has 0 spiro atoms.